The van der Waals surface area contributed by atoms with E-state index in [2.05, 4.69) is 4.98 Å². The summed E-state index contributed by atoms with van der Waals surface area (Å²) in [5.41, 5.74) is 1.62. The number of hydrogen-bond donors (Lipinski definition) is 0. The van der Waals surface area contributed by atoms with Crippen LogP contribution >= 0.6 is 11.8 Å². The normalized spacial score (nSPS) is 12.6. The van der Waals surface area contributed by atoms with Gasteiger partial charge in [-0.2, -0.15) is 11.8 Å². The van der Waals surface area contributed by atoms with Crippen molar-refractivity contribution in [1.29, 1.82) is 0 Å². The van der Waals surface area contributed by atoms with Gasteiger partial charge in [0.15, 0.2) is 5.78 Å². The Bertz CT molecular complexity index is 524. The highest BCUT2D eigenvalue weighted by molar-refractivity contribution is 7.99. The Balaban J connectivity index is 2.43. The van der Waals surface area contributed by atoms with Gasteiger partial charge in [-0.15, -0.1) is 0 Å². The molecule has 0 fully saturated rings. The minimum Gasteiger partial charge on any atom is -0.293 e. The molecular formula is C13H13NOS. The summed E-state index contributed by atoms with van der Waals surface area (Å²) >= 11 is 1.56. The van der Waals surface area contributed by atoms with E-state index in [1.807, 2.05) is 43.5 Å². The zero-order valence-electron chi connectivity index (χ0n) is 9.31. The summed E-state index contributed by atoms with van der Waals surface area (Å²) < 4.78 is 0. The fourth-order valence-electron chi connectivity index (χ4n) is 1.55. The topological polar surface area (TPSA) is 30.0 Å². The van der Waals surface area contributed by atoms with Gasteiger partial charge in [0.1, 0.15) is 0 Å². The van der Waals surface area contributed by atoms with Crippen molar-refractivity contribution >= 4 is 28.4 Å². The molecule has 3 heteroatoms. The highest BCUT2D eigenvalue weighted by Crippen LogP contribution is 2.17. The summed E-state index contributed by atoms with van der Waals surface area (Å²) in [6.45, 7) is 1.92. The fourth-order valence-corrected chi connectivity index (χ4v) is 1.90. The van der Waals surface area contributed by atoms with Crippen molar-refractivity contribution in [3.63, 3.8) is 0 Å². The van der Waals surface area contributed by atoms with Crippen LogP contribution in [0.3, 0.4) is 0 Å². The number of hydrogen-bond acceptors (Lipinski definition) is 3. The largest absolute Gasteiger partial charge is 0.293 e. The van der Waals surface area contributed by atoms with Crippen molar-refractivity contribution < 1.29 is 4.79 Å². The quantitative estimate of drug-likeness (QED) is 0.760. The maximum atomic E-state index is 12.0. The molecule has 0 saturated heterocycles. The summed E-state index contributed by atoms with van der Waals surface area (Å²) in [6, 6.07) is 9.74. The van der Waals surface area contributed by atoms with E-state index in [9.17, 15) is 4.79 Å². The van der Waals surface area contributed by atoms with Crippen LogP contribution in [0.5, 0.6) is 0 Å². The first kappa shape index (κ1) is 11.1. The lowest BCUT2D eigenvalue weighted by molar-refractivity contribution is 0.0994. The summed E-state index contributed by atoms with van der Waals surface area (Å²) in [7, 11) is 0. The maximum absolute atomic E-state index is 12.0. The molecule has 1 heterocycles. The molecule has 0 bridgehead atoms. The molecule has 0 N–H and O–H groups in total. The van der Waals surface area contributed by atoms with Gasteiger partial charge in [0.25, 0.3) is 0 Å². The van der Waals surface area contributed by atoms with Crippen LogP contribution < -0.4 is 0 Å². The molecule has 0 aliphatic rings. The highest BCUT2D eigenvalue weighted by Gasteiger charge is 2.14. The van der Waals surface area contributed by atoms with E-state index in [0.29, 0.717) is 5.56 Å². The molecule has 0 amide bonds. The van der Waals surface area contributed by atoms with Crippen molar-refractivity contribution in [3.05, 3.63) is 42.1 Å². The molecule has 1 aromatic carbocycles. The first-order chi connectivity index (χ1) is 7.72. The zero-order chi connectivity index (χ0) is 11.5. The number of ketones is 1. The molecule has 82 valence electrons. The first-order valence-electron chi connectivity index (χ1n) is 5.14. The third-order valence-electron chi connectivity index (χ3n) is 2.60. The van der Waals surface area contributed by atoms with Crippen LogP contribution in [0.15, 0.2) is 36.5 Å². The third kappa shape index (κ3) is 2.09. The number of carbonyl (C=O) groups excluding carboxylic acids is 1. The van der Waals surface area contributed by atoms with Crippen LogP contribution in [0.2, 0.25) is 0 Å². The number of pyridine rings is 1. The van der Waals surface area contributed by atoms with Crippen LogP contribution in [0.1, 0.15) is 17.3 Å². The fraction of sp³-hybridized carbons (Fsp3) is 0.231. The van der Waals surface area contributed by atoms with Gasteiger partial charge in [-0.1, -0.05) is 18.2 Å². The lowest BCUT2D eigenvalue weighted by atomic mass is 10.1. The third-order valence-corrected chi connectivity index (χ3v) is 3.52. The smallest absolute Gasteiger partial charge is 0.177 e. The highest BCUT2D eigenvalue weighted by atomic mass is 32.2. The molecule has 1 aromatic heterocycles. The lowest BCUT2D eigenvalue weighted by Gasteiger charge is -2.07. The van der Waals surface area contributed by atoms with Gasteiger partial charge < -0.3 is 0 Å². The summed E-state index contributed by atoms with van der Waals surface area (Å²) in [5.74, 6) is 0.144. The van der Waals surface area contributed by atoms with Crippen molar-refractivity contribution in [2.24, 2.45) is 0 Å². The number of rotatable bonds is 3. The van der Waals surface area contributed by atoms with Crippen LogP contribution in [0, 0.1) is 0 Å². The Hall–Kier alpha value is -1.35. The molecule has 1 atom stereocenters. The van der Waals surface area contributed by atoms with Gasteiger partial charge in [0.2, 0.25) is 0 Å². The number of Topliss-reactive ketones (excluding diaryl/α,β-unsaturated/α-hetero) is 1. The van der Waals surface area contributed by atoms with E-state index in [4.69, 9.17) is 0 Å². The molecule has 0 spiro atoms. The standard InChI is InChI=1S/C13H13NOS/c1-9(16-2)13(15)11-7-10-5-3-4-6-12(10)14-8-11/h3-9H,1-2H3. The summed E-state index contributed by atoms with van der Waals surface area (Å²) in [5, 5.41) is 1.00. The predicted molar refractivity (Wildman–Crippen MR) is 69.1 cm³/mol. The minimum absolute atomic E-state index is 0.0111. The van der Waals surface area contributed by atoms with Crippen molar-refractivity contribution in [1.82, 2.24) is 4.98 Å². The zero-order valence-corrected chi connectivity index (χ0v) is 10.1. The number of benzene rings is 1. The van der Waals surface area contributed by atoms with Gasteiger partial charge in [-0.05, 0) is 25.3 Å². The van der Waals surface area contributed by atoms with E-state index in [1.165, 1.54) is 0 Å². The Kier molecular flexibility index (Phi) is 3.25. The number of aromatic nitrogens is 1. The second-order valence-corrected chi connectivity index (χ2v) is 4.84. The molecule has 2 rings (SSSR count). The number of thioether (sulfide) groups is 1. The predicted octanol–water partition coefficient (Wildman–Crippen LogP) is 3.17. The molecule has 0 radical (unpaired) electrons. The Labute approximate surface area is 99.1 Å². The average molecular weight is 231 g/mol. The molecule has 2 aromatic rings. The van der Waals surface area contributed by atoms with Crippen LogP contribution in [0.4, 0.5) is 0 Å². The second-order valence-electron chi connectivity index (χ2n) is 3.66. The second kappa shape index (κ2) is 4.66. The first-order valence-corrected chi connectivity index (χ1v) is 6.43. The van der Waals surface area contributed by atoms with E-state index < -0.39 is 0 Å². The molecular weight excluding hydrogens is 218 g/mol. The monoisotopic (exact) mass is 231 g/mol. The maximum Gasteiger partial charge on any atom is 0.177 e. The van der Waals surface area contributed by atoms with Crippen LogP contribution in [-0.2, 0) is 0 Å². The Morgan fingerprint density at radius 1 is 1.38 bits per heavy atom. The van der Waals surface area contributed by atoms with Gasteiger partial charge >= 0.3 is 0 Å². The minimum atomic E-state index is -0.0111. The lowest BCUT2D eigenvalue weighted by Crippen LogP contribution is -2.13. The van der Waals surface area contributed by atoms with E-state index in [-0.39, 0.29) is 11.0 Å². The van der Waals surface area contributed by atoms with Crippen molar-refractivity contribution in [2.75, 3.05) is 6.26 Å². The van der Waals surface area contributed by atoms with Crippen molar-refractivity contribution in [2.45, 2.75) is 12.2 Å². The van der Waals surface area contributed by atoms with Crippen LogP contribution in [-0.4, -0.2) is 22.3 Å². The average Bonchev–Trinajstić information content (AvgIpc) is 2.36. The van der Waals surface area contributed by atoms with Gasteiger partial charge in [-0.3, -0.25) is 9.78 Å². The molecule has 1 unspecified atom stereocenters. The van der Waals surface area contributed by atoms with E-state index >= 15 is 0 Å². The van der Waals surface area contributed by atoms with E-state index in [0.717, 1.165) is 10.9 Å². The van der Waals surface area contributed by atoms with Crippen molar-refractivity contribution in [3.8, 4) is 0 Å². The number of nitrogens with zero attached hydrogens (tertiary/aromatic N) is 1. The van der Waals surface area contributed by atoms with Gasteiger partial charge in [0.05, 0.1) is 10.8 Å². The molecule has 0 saturated carbocycles. The SMILES string of the molecule is CSC(C)C(=O)c1cnc2ccccc2c1. The Morgan fingerprint density at radius 3 is 2.88 bits per heavy atom. The van der Waals surface area contributed by atoms with Crippen LogP contribution in [0.25, 0.3) is 10.9 Å². The van der Waals surface area contributed by atoms with Gasteiger partial charge in [0, 0.05) is 17.1 Å². The molecule has 2 nitrogen and oxygen atoms in total. The summed E-state index contributed by atoms with van der Waals surface area (Å²) in [4.78, 5) is 16.2. The molecule has 0 aliphatic carbocycles. The Morgan fingerprint density at radius 2 is 2.12 bits per heavy atom. The number of fused-ring (bicyclic) bond motifs is 1. The summed E-state index contributed by atoms with van der Waals surface area (Å²) in [6.07, 6.45) is 3.61. The molecule has 16 heavy (non-hydrogen) atoms. The number of carbonyl (C=O) groups is 1. The van der Waals surface area contributed by atoms with E-state index in [1.54, 1.807) is 18.0 Å². The van der Waals surface area contributed by atoms with Gasteiger partial charge in [-0.25, -0.2) is 0 Å². The molecule has 0 aliphatic heterocycles. The number of para-hydroxylation sites is 1.